The second-order valence-corrected chi connectivity index (χ2v) is 8.81. The monoisotopic (exact) mass is 416 g/mol. The fourth-order valence-corrected chi connectivity index (χ4v) is 3.07. The number of rotatable bonds is 9. The number of sulfonamides is 1. The third-order valence-corrected chi connectivity index (χ3v) is 5.20. The summed E-state index contributed by atoms with van der Waals surface area (Å²) in [5.41, 5.74) is 1.97. The van der Waals surface area contributed by atoms with Crippen molar-refractivity contribution in [2.45, 2.75) is 20.8 Å². The van der Waals surface area contributed by atoms with E-state index < -0.39 is 10.0 Å². The number of nitrogens with one attached hydrogen (secondary N) is 3. The molecule has 0 aliphatic carbocycles. The van der Waals surface area contributed by atoms with Gasteiger partial charge in [0.25, 0.3) is 0 Å². The van der Waals surface area contributed by atoms with Crippen LogP contribution in [0.3, 0.4) is 0 Å². The van der Waals surface area contributed by atoms with E-state index in [4.69, 9.17) is 4.74 Å². The first-order chi connectivity index (χ1) is 13.9. The third-order valence-electron chi connectivity index (χ3n) is 3.91. The van der Waals surface area contributed by atoms with Crippen molar-refractivity contribution in [1.29, 1.82) is 0 Å². The Morgan fingerprint density at radius 3 is 2.69 bits per heavy atom. The van der Waals surface area contributed by atoms with E-state index in [1.54, 1.807) is 43.7 Å². The van der Waals surface area contributed by atoms with Crippen molar-refractivity contribution in [3.8, 4) is 17.0 Å². The molecular formula is C19H24N6O3S. The summed E-state index contributed by atoms with van der Waals surface area (Å²) in [6.07, 6.45) is 4.78. The molecule has 0 fully saturated rings. The summed E-state index contributed by atoms with van der Waals surface area (Å²) in [5.74, 6) is 1.91. The van der Waals surface area contributed by atoms with Crippen LogP contribution in [-0.4, -0.2) is 40.9 Å². The molecule has 154 valence electrons. The molecule has 0 saturated carbocycles. The summed E-state index contributed by atoms with van der Waals surface area (Å²) < 4.78 is 32.4. The molecule has 1 aromatic carbocycles. The van der Waals surface area contributed by atoms with Gasteiger partial charge in [0.05, 0.1) is 29.9 Å². The normalized spacial score (nSPS) is 11.4. The molecule has 0 aliphatic heterocycles. The number of nitrogens with zero attached hydrogens (tertiary/aromatic N) is 3. The zero-order valence-corrected chi connectivity index (χ0v) is 17.3. The van der Waals surface area contributed by atoms with Gasteiger partial charge in [-0.15, -0.1) is 0 Å². The molecule has 0 radical (unpaired) electrons. The van der Waals surface area contributed by atoms with Crippen LogP contribution in [0.5, 0.6) is 5.75 Å². The van der Waals surface area contributed by atoms with E-state index in [-0.39, 0.29) is 5.75 Å². The highest BCUT2D eigenvalue weighted by Crippen LogP contribution is 2.32. The van der Waals surface area contributed by atoms with E-state index in [1.165, 1.54) is 0 Å². The highest BCUT2D eigenvalue weighted by atomic mass is 32.2. The van der Waals surface area contributed by atoms with Gasteiger partial charge in [-0.2, -0.15) is 5.10 Å². The second-order valence-electron chi connectivity index (χ2n) is 6.80. The van der Waals surface area contributed by atoms with E-state index in [2.05, 4.69) is 30.2 Å². The number of anilines is 3. The maximum absolute atomic E-state index is 12.0. The summed E-state index contributed by atoms with van der Waals surface area (Å²) in [6, 6.07) is 7.10. The van der Waals surface area contributed by atoms with Crippen LogP contribution in [0.15, 0.2) is 42.9 Å². The van der Waals surface area contributed by atoms with Crippen LogP contribution in [0.2, 0.25) is 0 Å². The number of H-pyrrole nitrogens is 1. The molecular weight excluding hydrogens is 392 g/mol. The van der Waals surface area contributed by atoms with Gasteiger partial charge in [0.2, 0.25) is 10.0 Å². The highest BCUT2D eigenvalue weighted by Gasteiger charge is 2.14. The van der Waals surface area contributed by atoms with Crippen molar-refractivity contribution in [2.75, 3.05) is 22.4 Å². The molecule has 0 aliphatic rings. The van der Waals surface area contributed by atoms with Crippen molar-refractivity contribution >= 4 is 27.3 Å². The molecule has 2 aromatic heterocycles. The second kappa shape index (κ2) is 8.91. The highest BCUT2D eigenvalue weighted by molar-refractivity contribution is 7.92. The van der Waals surface area contributed by atoms with Gasteiger partial charge in [-0.1, -0.05) is 19.9 Å². The lowest BCUT2D eigenvalue weighted by atomic mass is 10.1. The average molecular weight is 417 g/mol. The molecule has 3 rings (SSSR count). The van der Waals surface area contributed by atoms with Crippen molar-refractivity contribution in [1.82, 2.24) is 20.2 Å². The molecule has 29 heavy (non-hydrogen) atoms. The largest absolute Gasteiger partial charge is 0.491 e. The van der Waals surface area contributed by atoms with Crippen LogP contribution < -0.4 is 14.8 Å². The molecule has 0 spiro atoms. The first-order valence-corrected chi connectivity index (χ1v) is 10.9. The number of ether oxygens (including phenoxy) is 1. The minimum atomic E-state index is -3.41. The summed E-state index contributed by atoms with van der Waals surface area (Å²) in [7, 11) is -3.41. The number of aromatic nitrogens is 4. The molecule has 0 amide bonds. The lowest BCUT2D eigenvalue weighted by Crippen LogP contribution is -2.16. The summed E-state index contributed by atoms with van der Waals surface area (Å²) in [5, 5.41) is 10.2. The topological polar surface area (TPSA) is 122 Å². The predicted molar refractivity (Wildman–Crippen MR) is 113 cm³/mol. The van der Waals surface area contributed by atoms with Crippen molar-refractivity contribution in [3.63, 3.8) is 0 Å². The summed E-state index contributed by atoms with van der Waals surface area (Å²) in [6.45, 7) is 6.10. The Hall–Kier alpha value is -3.14. The van der Waals surface area contributed by atoms with Gasteiger partial charge in [-0.3, -0.25) is 14.8 Å². The van der Waals surface area contributed by atoms with Crippen LogP contribution in [0, 0.1) is 5.92 Å². The fraction of sp³-hybridized carbons (Fsp3) is 0.316. The quantitative estimate of drug-likeness (QED) is 0.488. The van der Waals surface area contributed by atoms with Gasteiger partial charge < -0.3 is 10.1 Å². The maximum Gasteiger partial charge on any atom is 0.232 e. The van der Waals surface area contributed by atoms with Crippen LogP contribution in [0.1, 0.15) is 20.8 Å². The Morgan fingerprint density at radius 2 is 2.00 bits per heavy atom. The van der Waals surface area contributed by atoms with Crippen molar-refractivity contribution in [2.24, 2.45) is 5.92 Å². The first kappa shape index (κ1) is 20.6. The Labute approximate surface area is 170 Å². The molecule has 3 N–H and O–H groups in total. The Morgan fingerprint density at radius 1 is 1.17 bits per heavy atom. The number of hydrogen-bond donors (Lipinski definition) is 3. The minimum Gasteiger partial charge on any atom is -0.491 e. The Kier molecular flexibility index (Phi) is 6.32. The van der Waals surface area contributed by atoms with Crippen LogP contribution in [-0.2, 0) is 10.0 Å². The molecule has 10 heteroatoms. The fourth-order valence-electron chi connectivity index (χ4n) is 2.42. The van der Waals surface area contributed by atoms with Crippen LogP contribution in [0.25, 0.3) is 11.3 Å². The van der Waals surface area contributed by atoms with Crippen molar-refractivity contribution < 1.29 is 13.2 Å². The van der Waals surface area contributed by atoms with E-state index in [0.29, 0.717) is 35.6 Å². The van der Waals surface area contributed by atoms with Crippen LogP contribution in [0.4, 0.5) is 17.3 Å². The minimum absolute atomic E-state index is 0.0175. The lowest BCUT2D eigenvalue weighted by Gasteiger charge is -2.15. The smallest absolute Gasteiger partial charge is 0.232 e. The summed E-state index contributed by atoms with van der Waals surface area (Å²) >= 11 is 0. The van der Waals surface area contributed by atoms with Crippen LogP contribution >= 0.6 is 0 Å². The molecule has 0 bridgehead atoms. The zero-order valence-electron chi connectivity index (χ0n) is 16.5. The van der Waals surface area contributed by atoms with Gasteiger partial charge in [0.1, 0.15) is 11.6 Å². The standard InChI is InChI=1S/C19H24N6O3S/c1-4-29(26,27)25-15-6-5-14(9-17(15)28-12-13(2)3)16-10-18(24-23-16)22-19-11-20-7-8-21-19/h5-11,13,25H,4,12H2,1-3H3,(H2,21,22,23,24). The molecule has 0 atom stereocenters. The molecule has 2 heterocycles. The average Bonchev–Trinajstić information content (AvgIpc) is 3.16. The van der Waals surface area contributed by atoms with E-state index in [1.807, 2.05) is 19.9 Å². The van der Waals surface area contributed by atoms with Gasteiger partial charge in [-0.05, 0) is 25.0 Å². The molecule has 0 saturated heterocycles. The van der Waals surface area contributed by atoms with Gasteiger partial charge in [-0.25, -0.2) is 13.4 Å². The SMILES string of the molecule is CCS(=O)(=O)Nc1ccc(-c2cc(Nc3cnccn3)n[nH]2)cc1OCC(C)C. The molecule has 9 nitrogen and oxygen atoms in total. The lowest BCUT2D eigenvalue weighted by molar-refractivity contribution is 0.272. The van der Waals surface area contributed by atoms with E-state index >= 15 is 0 Å². The number of hydrogen-bond acceptors (Lipinski definition) is 7. The molecule has 3 aromatic rings. The van der Waals surface area contributed by atoms with Crippen molar-refractivity contribution in [3.05, 3.63) is 42.9 Å². The number of aromatic amines is 1. The third kappa shape index (κ3) is 5.67. The predicted octanol–water partition coefficient (Wildman–Crippen LogP) is 3.41. The molecule has 0 unspecified atom stereocenters. The zero-order chi connectivity index (χ0) is 20.9. The Bertz CT molecular complexity index is 1050. The van der Waals surface area contributed by atoms with E-state index in [0.717, 1.165) is 11.3 Å². The van der Waals surface area contributed by atoms with E-state index in [9.17, 15) is 8.42 Å². The summed E-state index contributed by atoms with van der Waals surface area (Å²) in [4.78, 5) is 8.15. The Balaban J connectivity index is 1.86. The number of benzene rings is 1. The maximum atomic E-state index is 12.0. The van der Waals surface area contributed by atoms with Gasteiger partial charge in [0.15, 0.2) is 5.82 Å². The van der Waals surface area contributed by atoms with Gasteiger partial charge >= 0.3 is 0 Å². The van der Waals surface area contributed by atoms with Gasteiger partial charge in [0, 0.05) is 24.0 Å². The first-order valence-electron chi connectivity index (χ1n) is 9.22.